The molecule has 1 aromatic heterocycles. The fourth-order valence-electron chi connectivity index (χ4n) is 3.76. The Bertz CT molecular complexity index is 1020. The average molecular weight is 377 g/mol. The molecular weight excluding hydrogens is 354 g/mol. The van der Waals surface area contributed by atoms with Crippen LogP contribution >= 0.6 is 0 Å². The molecule has 1 aliphatic heterocycles. The summed E-state index contributed by atoms with van der Waals surface area (Å²) < 4.78 is 1.63. The molecule has 1 saturated heterocycles. The van der Waals surface area contributed by atoms with E-state index in [1.807, 2.05) is 35.2 Å². The molecule has 4 rings (SSSR count). The van der Waals surface area contributed by atoms with Gasteiger partial charge in [-0.2, -0.15) is 5.10 Å². The number of H-pyrrole nitrogens is 1. The van der Waals surface area contributed by atoms with Crippen molar-refractivity contribution < 1.29 is 4.79 Å². The molecule has 0 saturated carbocycles. The van der Waals surface area contributed by atoms with E-state index in [0.717, 1.165) is 24.4 Å². The molecule has 0 spiro atoms. The zero-order chi connectivity index (χ0) is 19.5. The number of aromatic amines is 1. The molecule has 0 radical (unpaired) electrons. The third-order valence-corrected chi connectivity index (χ3v) is 5.26. The number of benzene rings is 2. The number of nitrogen functional groups attached to an aromatic ring is 1. The first-order valence-electron chi connectivity index (χ1n) is 9.48. The predicted octanol–water partition coefficient (Wildman–Crippen LogP) is 2.24. The van der Waals surface area contributed by atoms with Gasteiger partial charge in [-0.3, -0.25) is 4.79 Å². The molecule has 0 bridgehead atoms. The van der Waals surface area contributed by atoms with Gasteiger partial charge in [-0.25, -0.2) is 14.5 Å². The van der Waals surface area contributed by atoms with Crippen LogP contribution in [0.4, 0.5) is 5.69 Å². The highest BCUT2D eigenvalue weighted by molar-refractivity contribution is 5.95. The van der Waals surface area contributed by atoms with E-state index in [0.29, 0.717) is 36.7 Å². The van der Waals surface area contributed by atoms with Crippen molar-refractivity contribution in [1.29, 1.82) is 0 Å². The summed E-state index contributed by atoms with van der Waals surface area (Å²) in [6, 6.07) is 16.6. The molecule has 0 unspecified atom stereocenters. The number of carbonyl (C=O) groups excluding carboxylic acids is 1. The number of aromatic nitrogens is 3. The molecule has 144 valence electrons. The van der Waals surface area contributed by atoms with Gasteiger partial charge in [0.1, 0.15) is 5.82 Å². The van der Waals surface area contributed by atoms with Crippen LogP contribution in [0.1, 0.15) is 29.0 Å². The average Bonchev–Trinajstić information content (AvgIpc) is 3.08. The Morgan fingerprint density at radius 2 is 1.86 bits per heavy atom. The summed E-state index contributed by atoms with van der Waals surface area (Å²) in [7, 11) is 0. The summed E-state index contributed by atoms with van der Waals surface area (Å²) in [6.45, 7) is 1.39. The minimum Gasteiger partial charge on any atom is -0.399 e. The van der Waals surface area contributed by atoms with Crippen LogP contribution in [0.25, 0.3) is 5.69 Å². The Balaban J connectivity index is 1.42. The van der Waals surface area contributed by atoms with Gasteiger partial charge >= 0.3 is 5.69 Å². The maximum absolute atomic E-state index is 12.7. The van der Waals surface area contributed by atoms with Crippen molar-refractivity contribution in [2.75, 3.05) is 18.8 Å². The minimum atomic E-state index is -0.226. The summed E-state index contributed by atoms with van der Waals surface area (Å²) in [6.07, 6.45) is 2.46. The lowest BCUT2D eigenvalue weighted by Gasteiger charge is -2.32. The van der Waals surface area contributed by atoms with Gasteiger partial charge in [0.05, 0.1) is 5.69 Å². The van der Waals surface area contributed by atoms with Crippen molar-refractivity contribution >= 4 is 11.6 Å². The number of amides is 1. The highest BCUT2D eigenvalue weighted by Gasteiger charge is 2.25. The second kappa shape index (κ2) is 7.72. The van der Waals surface area contributed by atoms with E-state index in [-0.39, 0.29) is 11.6 Å². The second-order valence-electron chi connectivity index (χ2n) is 7.18. The van der Waals surface area contributed by atoms with Crippen molar-refractivity contribution in [3.05, 3.63) is 76.5 Å². The van der Waals surface area contributed by atoms with Gasteiger partial charge in [0, 0.05) is 30.8 Å². The Labute approximate surface area is 162 Å². The van der Waals surface area contributed by atoms with E-state index in [1.165, 1.54) is 0 Å². The Morgan fingerprint density at radius 3 is 2.57 bits per heavy atom. The van der Waals surface area contributed by atoms with E-state index in [4.69, 9.17) is 5.73 Å². The van der Waals surface area contributed by atoms with Crippen molar-refractivity contribution in [2.45, 2.75) is 19.3 Å². The van der Waals surface area contributed by atoms with Crippen LogP contribution in [0.15, 0.2) is 59.4 Å². The number of nitrogens with zero attached hydrogens (tertiary/aromatic N) is 3. The molecule has 2 heterocycles. The number of piperidine rings is 1. The normalized spacial score (nSPS) is 14.9. The fraction of sp³-hybridized carbons (Fsp3) is 0.286. The molecule has 1 fully saturated rings. The smallest absolute Gasteiger partial charge is 0.347 e. The highest BCUT2D eigenvalue weighted by Crippen LogP contribution is 2.23. The summed E-state index contributed by atoms with van der Waals surface area (Å²) in [5.41, 5.74) is 7.60. The summed E-state index contributed by atoms with van der Waals surface area (Å²) in [5, 5.41) is 6.79. The number of hydrogen-bond acceptors (Lipinski definition) is 4. The number of hydrogen-bond donors (Lipinski definition) is 2. The third kappa shape index (κ3) is 3.69. The fourth-order valence-corrected chi connectivity index (χ4v) is 3.76. The van der Waals surface area contributed by atoms with E-state index in [9.17, 15) is 9.59 Å². The van der Waals surface area contributed by atoms with Gasteiger partial charge in [0.15, 0.2) is 0 Å². The molecule has 7 heteroatoms. The van der Waals surface area contributed by atoms with Crippen molar-refractivity contribution in [3.8, 4) is 5.69 Å². The van der Waals surface area contributed by atoms with Gasteiger partial charge in [0.25, 0.3) is 5.91 Å². The standard InChI is InChI=1S/C21H23N5O2/c22-17-6-4-5-16(14-17)20(27)25-11-9-15(10-12-25)13-19-23-24-21(28)26(19)18-7-2-1-3-8-18/h1-8,14-15H,9-13,22H2,(H,24,28). The lowest BCUT2D eigenvalue weighted by molar-refractivity contribution is 0.0689. The molecule has 28 heavy (non-hydrogen) atoms. The number of nitrogens with two attached hydrogens (primary N) is 1. The molecule has 7 nitrogen and oxygen atoms in total. The van der Waals surface area contributed by atoms with Gasteiger partial charge < -0.3 is 10.6 Å². The van der Waals surface area contributed by atoms with Crippen molar-refractivity contribution in [2.24, 2.45) is 5.92 Å². The number of nitrogens with one attached hydrogen (secondary N) is 1. The van der Waals surface area contributed by atoms with E-state index >= 15 is 0 Å². The van der Waals surface area contributed by atoms with Crippen LogP contribution in [-0.4, -0.2) is 38.7 Å². The van der Waals surface area contributed by atoms with Crippen LogP contribution in [0.2, 0.25) is 0 Å². The first kappa shape index (κ1) is 18.0. The molecule has 1 aliphatic rings. The summed E-state index contributed by atoms with van der Waals surface area (Å²) >= 11 is 0. The van der Waals surface area contributed by atoms with E-state index in [2.05, 4.69) is 10.2 Å². The zero-order valence-corrected chi connectivity index (χ0v) is 15.5. The van der Waals surface area contributed by atoms with Crippen LogP contribution in [0.3, 0.4) is 0 Å². The maximum Gasteiger partial charge on any atom is 0.347 e. The predicted molar refractivity (Wildman–Crippen MR) is 107 cm³/mol. The molecule has 2 aromatic carbocycles. The Hall–Kier alpha value is -3.35. The zero-order valence-electron chi connectivity index (χ0n) is 15.5. The SMILES string of the molecule is Nc1cccc(C(=O)N2CCC(Cc3n[nH]c(=O)n3-c3ccccc3)CC2)c1. The molecule has 1 amide bonds. The van der Waals surface area contributed by atoms with Crippen LogP contribution in [0.5, 0.6) is 0 Å². The molecular formula is C21H23N5O2. The number of carbonyl (C=O) groups is 1. The lowest BCUT2D eigenvalue weighted by atomic mass is 9.92. The molecule has 0 atom stereocenters. The van der Waals surface area contributed by atoms with Crippen LogP contribution in [-0.2, 0) is 6.42 Å². The third-order valence-electron chi connectivity index (χ3n) is 5.26. The van der Waals surface area contributed by atoms with Gasteiger partial charge in [-0.05, 0) is 49.1 Å². The molecule has 3 N–H and O–H groups in total. The number of likely N-dealkylation sites (tertiary alicyclic amines) is 1. The monoisotopic (exact) mass is 377 g/mol. The summed E-state index contributed by atoms with van der Waals surface area (Å²) in [5.74, 6) is 1.13. The van der Waals surface area contributed by atoms with Gasteiger partial charge in [0.2, 0.25) is 0 Å². The van der Waals surface area contributed by atoms with Gasteiger partial charge in [-0.1, -0.05) is 24.3 Å². The Morgan fingerprint density at radius 1 is 1.11 bits per heavy atom. The van der Waals surface area contributed by atoms with Crippen LogP contribution < -0.4 is 11.4 Å². The summed E-state index contributed by atoms with van der Waals surface area (Å²) in [4.78, 5) is 26.7. The van der Waals surface area contributed by atoms with Crippen molar-refractivity contribution in [3.63, 3.8) is 0 Å². The Kier molecular flexibility index (Phi) is 4.97. The van der Waals surface area contributed by atoms with Crippen LogP contribution in [0, 0.1) is 5.92 Å². The van der Waals surface area contributed by atoms with Gasteiger partial charge in [-0.15, -0.1) is 0 Å². The largest absolute Gasteiger partial charge is 0.399 e. The van der Waals surface area contributed by atoms with Crippen molar-refractivity contribution in [1.82, 2.24) is 19.7 Å². The minimum absolute atomic E-state index is 0.0201. The highest BCUT2D eigenvalue weighted by atomic mass is 16.2. The van der Waals surface area contributed by atoms with E-state index in [1.54, 1.807) is 28.8 Å². The maximum atomic E-state index is 12.7. The second-order valence-corrected chi connectivity index (χ2v) is 7.18. The topological polar surface area (TPSA) is 97.0 Å². The lowest BCUT2D eigenvalue weighted by Crippen LogP contribution is -2.39. The quantitative estimate of drug-likeness (QED) is 0.682. The molecule has 3 aromatic rings. The number of anilines is 1. The van der Waals surface area contributed by atoms with E-state index < -0.39 is 0 Å². The first-order chi connectivity index (χ1) is 13.6. The first-order valence-corrected chi connectivity index (χ1v) is 9.48. The number of rotatable bonds is 4. The molecule has 0 aliphatic carbocycles. The number of para-hydroxylation sites is 1.